The van der Waals surface area contributed by atoms with Gasteiger partial charge in [0.25, 0.3) is 0 Å². The molecule has 0 aromatic rings. The Morgan fingerprint density at radius 2 is 2.05 bits per heavy atom. The van der Waals surface area contributed by atoms with E-state index in [0.717, 1.165) is 32.5 Å². The zero-order valence-corrected chi connectivity index (χ0v) is 13.5. The lowest BCUT2D eigenvalue weighted by Gasteiger charge is -2.49. The highest BCUT2D eigenvalue weighted by atomic mass is 16.1. The van der Waals surface area contributed by atoms with Crippen LogP contribution in [0.4, 0.5) is 0 Å². The van der Waals surface area contributed by atoms with Crippen molar-refractivity contribution in [3.05, 3.63) is 0 Å². The lowest BCUT2D eigenvalue weighted by atomic mass is 9.89. The number of piperazine rings is 1. The monoisotopic (exact) mass is 294 g/mol. The fraction of sp³-hybridized carbons (Fsp3) is 0.938. The molecule has 1 amide bonds. The molecule has 1 saturated carbocycles. The molecule has 0 bridgehead atoms. The highest BCUT2D eigenvalue weighted by Gasteiger charge is 2.50. The van der Waals surface area contributed by atoms with Crippen LogP contribution in [0.25, 0.3) is 0 Å². The first-order valence-electron chi connectivity index (χ1n) is 8.53. The molecule has 21 heavy (non-hydrogen) atoms. The summed E-state index contributed by atoms with van der Waals surface area (Å²) in [7, 11) is 1.89. The average molecular weight is 294 g/mol. The molecular formula is C16H30N4O. The van der Waals surface area contributed by atoms with Crippen LogP contribution in [-0.2, 0) is 4.79 Å². The number of hydrogen-bond acceptors (Lipinski definition) is 4. The number of nitrogens with zero attached hydrogens (tertiary/aromatic N) is 2. The van der Waals surface area contributed by atoms with E-state index >= 15 is 0 Å². The number of amides is 1. The third-order valence-corrected chi connectivity index (χ3v) is 5.93. The quantitative estimate of drug-likeness (QED) is 0.770. The van der Waals surface area contributed by atoms with Gasteiger partial charge in [0.2, 0.25) is 5.91 Å². The second-order valence-electron chi connectivity index (χ2n) is 7.28. The number of piperidine rings is 1. The maximum Gasteiger partial charge on any atom is 0.239 e. The molecule has 3 atom stereocenters. The standard InChI is InChI=1S/C16H30N4O/c1-12-9-19-8-4-3-5-14(19)10-20(12)11-16(18-2,15(17)21)13-6-7-13/h12-14,18H,3-11H2,1-2H3,(H2,17,21). The molecule has 0 aromatic heterocycles. The smallest absolute Gasteiger partial charge is 0.239 e. The molecule has 5 heteroatoms. The summed E-state index contributed by atoms with van der Waals surface area (Å²) in [4.78, 5) is 17.3. The third-order valence-electron chi connectivity index (χ3n) is 5.93. The van der Waals surface area contributed by atoms with E-state index in [2.05, 4.69) is 22.0 Å². The molecule has 3 unspecified atom stereocenters. The van der Waals surface area contributed by atoms with Crippen molar-refractivity contribution in [3.63, 3.8) is 0 Å². The number of rotatable bonds is 5. The molecule has 2 aliphatic heterocycles. The number of nitrogens with one attached hydrogen (secondary N) is 1. The maximum atomic E-state index is 12.1. The number of carbonyl (C=O) groups is 1. The van der Waals surface area contributed by atoms with Gasteiger partial charge in [0, 0.05) is 31.7 Å². The summed E-state index contributed by atoms with van der Waals surface area (Å²) in [6.07, 6.45) is 6.24. The first kappa shape index (κ1) is 15.3. The minimum atomic E-state index is -0.523. The van der Waals surface area contributed by atoms with Crippen LogP contribution >= 0.6 is 0 Å². The van der Waals surface area contributed by atoms with Crippen molar-refractivity contribution in [2.45, 2.75) is 56.7 Å². The average Bonchev–Trinajstić information content (AvgIpc) is 3.29. The van der Waals surface area contributed by atoms with Gasteiger partial charge in [-0.3, -0.25) is 14.6 Å². The fourth-order valence-electron chi connectivity index (χ4n) is 4.34. The Labute approximate surface area is 128 Å². The minimum Gasteiger partial charge on any atom is -0.368 e. The normalized spacial score (nSPS) is 34.2. The van der Waals surface area contributed by atoms with E-state index in [9.17, 15) is 4.79 Å². The van der Waals surface area contributed by atoms with Crippen LogP contribution in [-0.4, -0.2) is 66.6 Å². The topological polar surface area (TPSA) is 61.6 Å². The Balaban J connectivity index is 1.71. The zero-order valence-electron chi connectivity index (χ0n) is 13.5. The number of carbonyl (C=O) groups excluding carboxylic acids is 1. The van der Waals surface area contributed by atoms with Crippen LogP contribution in [0.3, 0.4) is 0 Å². The number of likely N-dealkylation sites (N-methyl/N-ethyl adjacent to an activating group) is 1. The molecule has 3 fully saturated rings. The Morgan fingerprint density at radius 3 is 2.67 bits per heavy atom. The Kier molecular flexibility index (Phi) is 4.26. The van der Waals surface area contributed by atoms with E-state index in [1.165, 1.54) is 25.8 Å². The van der Waals surface area contributed by atoms with Gasteiger partial charge < -0.3 is 11.1 Å². The highest BCUT2D eigenvalue weighted by molar-refractivity contribution is 5.86. The van der Waals surface area contributed by atoms with Crippen molar-refractivity contribution in [3.8, 4) is 0 Å². The second-order valence-corrected chi connectivity index (χ2v) is 7.28. The number of hydrogen-bond donors (Lipinski definition) is 2. The molecule has 120 valence electrons. The summed E-state index contributed by atoms with van der Waals surface area (Å²) in [5.74, 6) is 0.252. The molecule has 1 aliphatic carbocycles. The third kappa shape index (κ3) is 2.83. The van der Waals surface area contributed by atoms with E-state index in [4.69, 9.17) is 5.73 Å². The van der Waals surface area contributed by atoms with Gasteiger partial charge in [0.05, 0.1) is 0 Å². The zero-order chi connectivity index (χ0) is 15.0. The summed E-state index contributed by atoms with van der Waals surface area (Å²) in [5.41, 5.74) is 5.26. The minimum absolute atomic E-state index is 0.175. The van der Waals surface area contributed by atoms with Crippen LogP contribution in [0.2, 0.25) is 0 Å². The maximum absolute atomic E-state index is 12.1. The molecule has 2 saturated heterocycles. The van der Waals surface area contributed by atoms with Gasteiger partial charge in [-0.1, -0.05) is 6.42 Å². The van der Waals surface area contributed by atoms with E-state index in [0.29, 0.717) is 18.0 Å². The van der Waals surface area contributed by atoms with Crippen molar-refractivity contribution in [2.75, 3.05) is 33.2 Å². The van der Waals surface area contributed by atoms with Gasteiger partial charge in [-0.05, 0) is 52.1 Å². The fourth-order valence-corrected chi connectivity index (χ4v) is 4.34. The molecule has 0 aromatic carbocycles. The Bertz CT molecular complexity index is 398. The van der Waals surface area contributed by atoms with Crippen LogP contribution in [0, 0.1) is 5.92 Å². The van der Waals surface area contributed by atoms with Gasteiger partial charge in [0.15, 0.2) is 0 Å². The first-order valence-corrected chi connectivity index (χ1v) is 8.53. The molecule has 2 heterocycles. The predicted octanol–water partition coefficient (Wildman–Crippen LogP) is 0.399. The van der Waals surface area contributed by atoms with Gasteiger partial charge >= 0.3 is 0 Å². The summed E-state index contributed by atoms with van der Waals surface area (Å²) in [5, 5.41) is 3.29. The van der Waals surface area contributed by atoms with Crippen molar-refractivity contribution in [1.29, 1.82) is 0 Å². The van der Waals surface area contributed by atoms with Crippen LogP contribution in [0.5, 0.6) is 0 Å². The van der Waals surface area contributed by atoms with Crippen molar-refractivity contribution >= 4 is 5.91 Å². The molecule has 0 radical (unpaired) electrons. The van der Waals surface area contributed by atoms with Gasteiger partial charge in [-0.2, -0.15) is 0 Å². The van der Waals surface area contributed by atoms with Gasteiger partial charge in [-0.25, -0.2) is 0 Å². The predicted molar refractivity (Wildman–Crippen MR) is 84.0 cm³/mol. The SMILES string of the molecule is CNC(CN1CC2CCCCN2CC1C)(C(N)=O)C1CC1. The van der Waals surface area contributed by atoms with E-state index in [-0.39, 0.29) is 5.91 Å². The van der Waals surface area contributed by atoms with Crippen molar-refractivity contribution in [1.82, 2.24) is 15.1 Å². The first-order chi connectivity index (χ1) is 10.1. The summed E-state index contributed by atoms with van der Waals surface area (Å²) in [6, 6.07) is 1.18. The largest absolute Gasteiger partial charge is 0.368 e. The molecule has 0 spiro atoms. The number of nitrogens with two attached hydrogens (primary N) is 1. The molecular weight excluding hydrogens is 264 g/mol. The number of primary amides is 1. The highest BCUT2D eigenvalue weighted by Crippen LogP contribution is 2.40. The van der Waals surface area contributed by atoms with Crippen molar-refractivity contribution in [2.24, 2.45) is 11.7 Å². The van der Waals surface area contributed by atoms with E-state index in [1.807, 2.05) is 7.05 Å². The van der Waals surface area contributed by atoms with Crippen molar-refractivity contribution < 1.29 is 4.79 Å². The number of fused-ring (bicyclic) bond motifs is 1. The summed E-state index contributed by atoms with van der Waals surface area (Å²) < 4.78 is 0. The Hall–Kier alpha value is -0.650. The van der Waals surface area contributed by atoms with Crippen LogP contribution < -0.4 is 11.1 Å². The molecule has 5 nitrogen and oxygen atoms in total. The van der Waals surface area contributed by atoms with Gasteiger partial charge in [0.1, 0.15) is 5.54 Å². The molecule has 3 N–H and O–H groups in total. The second kappa shape index (κ2) is 5.86. The van der Waals surface area contributed by atoms with Gasteiger partial charge in [-0.15, -0.1) is 0 Å². The summed E-state index contributed by atoms with van der Waals surface area (Å²) >= 11 is 0. The summed E-state index contributed by atoms with van der Waals surface area (Å²) in [6.45, 7) is 6.53. The van der Waals surface area contributed by atoms with E-state index < -0.39 is 5.54 Å². The van der Waals surface area contributed by atoms with Crippen LogP contribution in [0.15, 0.2) is 0 Å². The molecule has 3 rings (SSSR count). The Morgan fingerprint density at radius 1 is 1.29 bits per heavy atom. The molecule has 3 aliphatic rings. The van der Waals surface area contributed by atoms with Crippen LogP contribution in [0.1, 0.15) is 39.0 Å². The lowest BCUT2D eigenvalue weighted by Crippen LogP contribution is -2.67. The van der Waals surface area contributed by atoms with E-state index in [1.54, 1.807) is 0 Å². The lowest BCUT2D eigenvalue weighted by molar-refractivity contribution is -0.127.